The fraction of sp³-hybridized carbons (Fsp3) is 0.476. The molecule has 4 nitrogen and oxygen atoms in total. The van der Waals surface area contributed by atoms with Gasteiger partial charge in [0.2, 0.25) is 0 Å². The zero-order chi connectivity index (χ0) is 18.6. The Kier molecular flexibility index (Phi) is 6.01. The molecule has 1 saturated heterocycles. The molecule has 0 radical (unpaired) electrons. The van der Waals surface area contributed by atoms with Crippen LogP contribution in [0.25, 0.3) is 0 Å². The lowest BCUT2D eigenvalue weighted by Gasteiger charge is -2.33. The first-order chi connectivity index (χ1) is 13.2. The average Bonchev–Trinajstić information content (AvgIpc) is 3.26. The monoisotopic (exact) mass is 402 g/mol. The second kappa shape index (κ2) is 8.63. The predicted octanol–water partition coefficient (Wildman–Crippen LogP) is 4.09. The van der Waals surface area contributed by atoms with Crippen LogP contribution in [0.15, 0.2) is 46.1 Å². The largest absolute Gasteiger partial charge is 0.354 e. The van der Waals surface area contributed by atoms with E-state index >= 15 is 0 Å². The number of piperidine rings is 1. The molecule has 2 heterocycles. The number of thiophene rings is 1. The van der Waals surface area contributed by atoms with Crippen molar-refractivity contribution in [3.05, 3.63) is 57.2 Å². The van der Waals surface area contributed by atoms with Crippen molar-refractivity contribution in [1.82, 2.24) is 15.5 Å². The second-order valence-electron chi connectivity index (χ2n) is 7.55. The van der Waals surface area contributed by atoms with Gasteiger partial charge in [-0.05, 0) is 59.3 Å². The van der Waals surface area contributed by atoms with Crippen molar-refractivity contribution in [2.45, 2.75) is 43.8 Å². The minimum absolute atomic E-state index is 0.452. The summed E-state index contributed by atoms with van der Waals surface area (Å²) < 4.78 is 0. The van der Waals surface area contributed by atoms with Gasteiger partial charge in [-0.3, -0.25) is 9.89 Å². The summed E-state index contributed by atoms with van der Waals surface area (Å²) in [6.07, 6.45) is 3.46. The molecule has 1 aromatic carbocycles. The van der Waals surface area contributed by atoms with Crippen molar-refractivity contribution in [3.63, 3.8) is 0 Å². The molecule has 0 bridgehead atoms. The van der Waals surface area contributed by atoms with E-state index in [1.165, 1.54) is 11.1 Å². The Hall–Kier alpha value is -1.56. The number of likely N-dealkylation sites (tertiary alicyclic amines) is 1. The summed E-state index contributed by atoms with van der Waals surface area (Å²) in [7, 11) is 1.86. The predicted molar refractivity (Wildman–Crippen MR) is 115 cm³/mol. The van der Waals surface area contributed by atoms with Gasteiger partial charge in [-0.25, -0.2) is 0 Å². The second-order valence-corrected chi connectivity index (χ2v) is 8.76. The van der Waals surface area contributed by atoms with Gasteiger partial charge in [-0.2, -0.15) is 11.3 Å². The van der Waals surface area contributed by atoms with Gasteiger partial charge in [0.05, 0.1) is 0 Å². The number of nitrogens with one attached hydrogen (secondary N) is 2. The van der Waals surface area contributed by atoms with Crippen molar-refractivity contribution >= 4 is 28.9 Å². The van der Waals surface area contributed by atoms with E-state index in [2.05, 4.69) is 49.5 Å². The Labute approximate surface area is 170 Å². The van der Waals surface area contributed by atoms with Crippen LogP contribution in [0.5, 0.6) is 0 Å². The molecule has 2 unspecified atom stereocenters. The third-order valence-corrected chi connectivity index (χ3v) is 6.49. The van der Waals surface area contributed by atoms with Crippen molar-refractivity contribution in [1.29, 1.82) is 0 Å². The number of hydrogen-bond acceptors (Lipinski definition) is 3. The number of nitrogens with zero attached hydrogens (tertiary/aromatic N) is 2. The first-order valence-electron chi connectivity index (χ1n) is 9.70. The molecule has 1 saturated carbocycles. The molecule has 4 rings (SSSR count). The maximum absolute atomic E-state index is 6.12. The SMILES string of the molecule is CN=C(NC1CCN(Cc2ccsc2)CC1)NC1CC1c1cccc(Cl)c1. The summed E-state index contributed by atoms with van der Waals surface area (Å²) in [5.41, 5.74) is 2.75. The van der Waals surface area contributed by atoms with Gasteiger partial charge in [0.1, 0.15) is 0 Å². The number of halogens is 1. The number of guanidine groups is 1. The number of aliphatic imine (C=N–C) groups is 1. The maximum Gasteiger partial charge on any atom is 0.191 e. The van der Waals surface area contributed by atoms with Gasteiger partial charge >= 0.3 is 0 Å². The maximum atomic E-state index is 6.12. The Morgan fingerprint density at radius 3 is 2.81 bits per heavy atom. The van der Waals surface area contributed by atoms with Crippen LogP contribution in [0.2, 0.25) is 5.02 Å². The molecule has 0 spiro atoms. The molecule has 1 aromatic heterocycles. The van der Waals surface area contributed by atoms with E-state index in [4.69, 9.17) is 11.6 Å². The van der Waals surface area contributed by atoms with Crippen molar-refractivity contribution in [2.24, 2.45) is 4.99 Å². The minimum atomic E-state index is 0.452. The lowest BCUT2D eigenvalue weighted by molar-refractivity contribution is 0.198. The highest BCUT2D eigenvalue weighted by atomic mass is 35.5. The molecule has 0 amide bonds. The number of benzene rings is 1. The van der Waals surface area contributed by atoms with E-state index in [0.717, 1.165) is 49.9 Å². The van der Waals surface area contributed by atoms with Gasteiger partial charge < -0.3 is 10.6 Å². The van der Waals surface area contributed by atoms with Gasteiger partial charge in [0.15, 0.2) is 5.96 Å². The number of hydrogen-bond donors (Lipinski definition) is 2. The molecule has 2 aliphatic rings. The first-order valence-corrected chi connectivity index (χ1v) is 11.0. The topological polar surface area (TPSA) is 39.7 Å². The van der Waals surface area contributed by atoms with Crippen molar-refractivity contribution in [3.8, 4) is 0 Å². The summed E-state index contributed by atoms with van der Waals surface area (Å²) in [6.45, 7) is 3.35. The van der Waals surface area contributed by atoms with E-state index in [1.54, 1.807) is 11.3 Å². The van der Waals surface area contributed by atoms with Gasteiger partial charge in [0, 0.05) is 49.7 Å². The molecular weight excluding hydrogens is 376 g/mol. The molecule has 2 N–H and O–H groups in total. The minimum Gasteiger partial charge on any atom is -0.354 e. The Bertz CT molecular complexity index is 768. The summed E-state index contributed by atoms with van der Waals surface area (Å²) in [4.78, 5) is 6.99. The van der Waals surface area contributed by atoms with E-state index in [1.807, 2.05) is 19.2 Å². The molecular formula is C21H27ClN4S. The standard InChI is InChI=1S/C21H27ClN4S/c1-23-21(25-20-12-19(20)16-3-2-4-17(22)11-16)24-18-5-8-26(9-6-18)13-15-7-10-27-14-15/h2-4,7,10-11,14,18-20H,5-6,8-9,12-13H2,1H3,(H2,23,24,25). The van der Waals surface area contributed by atoms with Crippen LogP contribution >= 0.6 is 22.9 Å². The molecule has 2 aromatic rings. The van der Waals surface area contributed by atoms with Crippen LogP contribution in [-0.4, -0.2) is 43.1 Å². The quantitative estimate of drug-likeness (QED) is 0.584. The zero-order valence-electron chi connectivity index (χ0n) is 15.7. The van der Waals surface area contributed by atoms with Crippen LogP contribution in [-0.2, 0) is 6.54 Å². The van der Waals surface area contributed by atoms with Crippen molar-refractivity contribution in [2.75, 3.05) is 20.1 Å². The summed E-state index contributed by atoms with van der Waals surface area (Å²) in [5, 5.41) is 12.4. The Balaban J connectivity index is 1.22. The lowest BCUT2D eigenvalue weighted by Crippen LogP contribution is -2.49. The van der Waals surface area contributed by atoms with Crippen molar-refractivity contribution < 1.29 is 0 Å². The fourth-order valence-electron chi connectivity index (χ4n) is 3.88. The molecule has 144 valence electrons. The summed E-state index contributed by atoms with van der Waals surface area (Å²) in [5.74, 6) is 1.47. The van der Waals surface area contributed by atoms with Gasteiger partial charge in [-0.1, -0.05) is 23.7 Å². The first kappa shape index (κ1) is 18.8. The molecule has 2 fully saturated rings. The molecule has 2 atom stereocenters. The molecule has 1 aliphatic carbocycles. The lowest BCUT2D eigenvalue weighted by atomic mass is 10.0. The molecule has 27 heavy (non-hydrogen) atoms. The van der Waals surface area contributed by atoms with Gasteiger partial charge in [-0.15, -0.1) is 0 Å². The fourth-order valence-corrected chi connectivity index (χ4v) is 4.73. The summed E-state index contributed by atoms with van der Waals surface area (Å²) >= 11 is 7.90. The van der Waals surface area contributed by atoms with Crippen LogP contribution in [0, 0.1) is 0 Å². The van der Waals surface area contributed by atoms with E-state index < -0.39 is 0 Å². The third kappa shape index (κ3) is 5.03. The normalized spacial score (nSPS) is 24.0. The molecule has 1 aliphatic heterocycles. The average molecular weight is 403 g/mol. The van der Waals surface area contributed by atoms with Crippen LogP contribution in [0.3, 0.4) is 0 Å². The van der Waals surface area contributed by atoms with Gasteiger partial charge in [0.25, 0.3) is 0 Å². The van der Waals surface area contributed by atoms with E-state index in [0.29, 0.717) is 18.0 Å². The molecule has 6 heteroatoms. The van der Waals surface area contributed by atoms with Crippen LogP contribution in [0.4, 0.5) is 0 Å². The Morgan fingerprint density at radius 1 is 1.26 bits per heavy atom. The highest BCUT2D eigenvalue weighted by Gasteiger charge is 2.39. The number of rotatable bonds is 5. The Morgan fingerprint density at radius 2 is 2.11 bits per heavy atom. The van der Waals surface area contributed by atoms with E-state index in [9.17, 15) is 0 Å². The summed E-state index contributed by atoms with van der Waals surface area (Å²) in [6, 6.07) is 11.4. The smallest absolute Gasteiger partial charge is 0.191 e. The third-order valence-electron chi connectivity index (χ3n) is 5.53. The highest BCUT2D eigenvalue weighted by Crippen LogP contribution is 2.41. The highest BCUT2D eigenvalue weighted by molar-refractivity contribution is 7.07. The van der Waals surface area contributed by atoms with E-state index in [-0.39, 0.29) is 0 Å². The van der Waals surface area contributed by atoms with Crippen LogP contribution in [0.1, 0.15) is 36.3 Å². The zero-order valence-corrected chi connectivity index (χ0v) is 17.3. The van der Waals surface area contributed by atoms with Crippen LogP contribution < -0.4 is 10.6 Å².